The molecule has 1 N–H and O–H groups in total. The summed E-state index contributed by atoms with van der Waals surface area (Å²) in [4.78, 5) is 0. The van der Waals surface area contributed by atoms with Gasteiger partial charge in [-0.25, -0.2) is 0 Å². The van der Waals surface area contributed by atoms with E-state index in [1.807, 2.05) is 0 Å². The topological polar surface area (TPSA) is 21.3 Å². The zero-order valence-corrected chi connectivity index (χ0v) is 11.5. The lowest BCUT2D eigenvalue weighted by atomic mass is 9.86. The Hall–Kier alpha value is -0.860. The SMILES string of the molecule is CC1(C)NCC(c2ccc(C(C)(C)C)cc2)O1. The summed E-state index contributed by atoms with van der Waals surface area (Å²) in [6, 6.07) is 8.80. The molecule has 94 valence electrons. The third-order valence-corrected chi connectivity index (χ3v) is 3.30. The molecule has 0 bridgehead atoms. The van der Waals surface area contributed by atoms with Crippen molar-refractivity contribution >= 4 is 0 Å². The highest BCUT2D eigenvalue weighted by molar-refractivity contribution is 5.29. The highest BCUT2D eigenvalue weighted by Crippen LogP contribution is 2.30. The van der Waals surface area contributed by atoms with Crippen LogP contribution in [0.2, 0.25) is 0 Å². The second-order valence-electron chi connectivity index (χ2n) is 6.37. The van der Waals surface area contributed by atoms with Crippen LogP contribution in [-0.2, 0) is 10.2 Å². The molecule has 1 aliphatic rings. The minimum Gasteiger partial charge on any atom is -0.352 e. The fourth-order valence-corrected chi connectivity index (χ4v) is 2.16. The first kappa shape index (κ1) is 12.6. The van der Waals surface area contributed by atoms with Crippen LogP contribution in [0, 0.1) is 0 Å². The Bertz CT molecular complexity index is 386. The molecule has 17 heavy (non-hydrogen) atoms. The molecule has 2 nitrogen and oxygen atoms in total. The van der Waals surface area contributed by atoms with Crippen LogP contribution in [0.3, 0.4) is 0 Å². The molecule has 1 saturated heterocycles. The molecule has 0 spiro atoms. The summed E-state index contributed by atoms with van der Waals surface area (Å²) >= 11 is 0. The van der Waals surface area contributed by atoms with E-state index in [9.17, 15) is 0 Å². The predicted octanol–water partition coefficient (Wildman–Crippen LogP) is 3.38. The molecule has 0 saturated carbocycles. The number of benzene rings is 1. The van der Waals surface area contributed by atoms with Crippen LogP contribution in [0.5, 0.6) is 0 Å². The van der Waals surface area contributed by atoms with Crippen molar-refractivity contribution in [3.8, 4) is 0 Å². The molecule has 1 unspecified atom stereocenters. The standard InChI is InChI=1S/C15H23NO/c1-14(2,3)12-8-6-11(7-9-12)13-10-16-15(4,5)17-13/h6-9,13,16H,10H2,1-5H3. The molecule has 1 aromatic carbocycles. The molecule has 1 aromatic rings. The summed E-state index contributed by atoms with van der Waals surface area (Å²) in [6.45, 7) is 11.7. The van der Waals surface area contributed by atoms with Crippen LogP contribution in [0.15, 0.2) is 24.3 Å². The highest BCUT2D eigenvalue weighted by Gasteiger charge is 2.31. The van der Waals surface area contributed by atoms with Crippen molar-refractivity contribution in [3.05, 3.63) is 35.4 Å². The zero-order valence-electron chi connectivity index (χ0n) is 11.5. The summed E-state index contributed by atoms with van der Waals surface area (Å²) in [7, 11) is 0. The first-order valence-electron chi connectivity index (χ1n) is 6.31. The lowest BCUT2D eigenvalue weighted by molar-refractivity contribution is -0.0241. The van der Waals surface area contributed by atoms with Gasteiger partial charge in [0.25, 0.3) is 0 Å². The Labute approximate surface area is 104 Å². The maximum Gasteiger partial charge on any atom is 0.114 e. The summed E-state index contributed by atoms with van der Waals surface area (Å²) in [5.41, 5.74) is 2.64. The number of hydrogen-bond donors (Lipinski definition) is 1. The lowest BCUT2D eigenvalue weighted by Crippen LogP contribution is -2.33. The number of rotatable bonds is 1. The second-order valence-corrected chi connectivity index (χ2v) is 6.37. The van der Waals surface area contributed by atoms with Crippen molar-refractivity contribution in [2.75, 3.05) is 6.54 Å². The Morgan fingerprint density at radius 3 is 2.18 bits per heavy atom. The van der Waals surface area contributed by atoms with Gasteiger partial charge < -0.3 is 4.74 Å². The molecule has 1 aliphatic heterocycles. The van der Waals surface area contributed by atoms with Gasteiger partial charge in [0.05, 0.1) is 6.10 Å². The van der Waals surface area contributed by atoms with Crippen molar-refractivity contribution in [1.29, 1.82) is 0 Å². The maximum absolute atomic E-state index is 5.95. The molecule has 0 aromatic heterocycles. The van der Waals surface area contributed by atoms with Crippen molar-refractivity contribution < 1.29 is 4.74 Å². The Balaban J connectivity index is 2.14. The predicted molar refractivity (Wildman–Crippen MR) is 71.0 cm³/mol. The molecule has 0 aliphatic carbocycles. The largest absolute Gasteiger partial charge is 0.352 e. The van der Waals surface area contributed by atoms with Gasteiger partial charge in [-0.05, 0) is 30.4 Å². The van der Waals surface area contributed by atoms with E-state index in [4.69, 9.17) is 4.74 Å². The summed E-state index contributed by atoms with van der Waals surface area (Å²) in [5.74, 6) is 0. The van der Waals surface area contributed by atoms with E-state index in [2.05, 4.69) is 64.2 Å². The monoisotopic (exact) mass is 233 g/mol. The summed E-state index contributed by atoms with van der Waals surface area (Å²) in [6.07, 6.45) is 0.180. The van der Waals surface area contributed by atoms with Gasteiger partial charge in [0.1, 0.15) is 5.72 Å². The molecular formula is C15H23NO. The van der Waals surface area contributed by atoms with E-state index in [1.165, 1.54) is 11.1 Å². The smallest absolute Gasteiger partial charge is 0.114 e. The molecule has 0 amide bonds. The van der Waals surface area contributed by atoms with Gasteiger partial charge in [0, 0.05) is 6.54 Å². The highest BCUT2D eigenvalue weighted by atomic mass is 16.5. The third-order valence-electron chi connectivity index (χ3n) is 3.30. The zero-order chi connectivity index (χ0) is 12.7. The van der Waals surface area contributed by atoms with Gasteiger partial charge in [-0.3, -0.25) is 5.32 Å². The number of nitrogens with one attached hydrogen (secondary N) is 1. The van der Waals surface area contributed by atoms with Crippen LogP contribution in [0.25, 0.3) is 0 Å². The first-order chi connectivity index (χ1) is 7.78. The van der Waals surface area contributed by atoms with Crippen LogP contribution in [0.4, 0.5) is 0 Å². The van der Waals surface area contributed by atoms with E-state index in [0.717, 1.165) is 6.54 Å². The molecule has 1 fully saturated rings. The van der Waals surface area contributed by atoms with Gasteiger partial charge >= 0.3 is 0 Å². The molecular weight excluding hydrogens is 210 g/mol. The fraction of sp³-hybridized carbons (Fsp3) is 0.600. The normalized spacial score (nSPS) is 23.9. The van der Waals surface area contributed by atoms with Gasteiger partial charge in [-0.15, -0.1) is 0 Å². The van der Waals surface area contributed by atoms with Crippen molar-refractivity contribution in [1.82, 2.24) is 5.32 Å². The Morgan fingerprint density at radius 2 is 1.76 bits per heavy atom. The Kier molecular flexibility index (Phi) is 3.04. The summed E-state index contributed by atoms with van der Waals surface area (Å²) < 4.78 is 5.95. The lowest BCUT2D eigenvalue weighted by Gasteiger charge is -2.21. The molecule has 2 heteroatoms. The average Bonchev–Trinajstić information content (AvgIpc) is 2.58. The summed E-state index contributed by atoms with van der Waals surface area (Å²) in [5, 5.41) is 3.37. The number of ether oxygens (including phenoxy) is 1. The van der Waals surface area contributed by atoms with E-state index >= 15 is 0 Å². The van der Waals surface area contributed by atoms with Crippen LogP contribution >= 0.6 is 0 Å². The number of hydrogen-bond acceptors (Lipinski definition) is 2. The first-order valence-corrected chi connectivity index (χ1v) is 6.31. The van der Waals surface area contributed by atoms with E-state index in [-0.39, 0.29) is 17.2 Å². The minimum atomic E-state index is -0.201. The Morgan fingerprint density at radius 1 is 1.18 bits per heavy atom. The van der Waals surface area contributed by atoms with Crippen LogP contribution in [-0.4, -0.2) is 12.3 Å². The minimum absolute atomic E-state index is 0.180. The van der Waals surface area contributed by atoms with Gasteiger partial charge in [-0.2, -0.15) is 0 Å². The van der Waals surface area contributed by atoms with E-state index in [1.54, 1.807) is 0 Å². The molecule has 1 atom stereocenters. The van der Waals surface area contributed by atoms with Crippen molar-refractivity contribution in [2.24, 2.45) is 0 Å². The van der Waals surface area contributed by atoms with Gasteiger partial charge in [0.15, 0.2) is 0 Å². The molecule has 0 radical (unpaired) electrons. The van der Waals surface area contributed by atoms with Gasteiger partial charge in [0.2, 0.25) is 0 Å². The molecule has 1 heterocycles. The van der Waals surface area contributed by atoms with Crippen LogP contribution in [0.1, 0.15) is 51.8 Å². The third kappa shape index (κ3) is 2.88. The molecule has 2 rings (SSSR count). The second kappa shape index (κ2) is 4.11. The van der Waals surface area contributed by atoms with Crippen molar-refractivity contribution in [3.63, 3.8) is 0 Å². The maximum atomic E-state index is 5.95. The quantitative estimate of drug-likeness (QED) is 0.803. The van der Waals surface area contributed by atoms with Crippen LogP contribution < -0.4 is 5.32 Å². The van der Waals surface area contributed by atoms with E-state index < -0.39 is 0 Å². The fourth-order valence-electron chi connectivity index (χ4n) is 2.16. The van der Waals surface area contributed by atoms with E-state index in [0.29, 0.717) is 0 Å². The average molecular weight is 233 g/mol. The van der Waals surface area contributed by atoms with Gasteiger partial charge in [-0.1, -0.05) is 45.0 Å². The van der Waals surface area contributed by atoms with Crippen molar-refractivity contribution in [2.45, 2.75) is 51.9 Å².